The van der Waals surface area contributed by atoms with Crippen LogP contribution in [0.15, 0.2) is 47.4 Å². The molecule has 0 bridgehead atoms. The number of hydrogen-bond donors (Lipinski definition) is 0. The normalized spacial score (nSPS) is 17.9. The average molecular weight is 594 g/mol. The highest BCUT2D eigenvalue weighted by Gasteiger charge is 2.37. The van der Waals surface area contributed by atoms with Crippen molar-refractivity contribution >= 4 is 57.5 Å². The minimum atomic E-state index is -0.451. The first-order valence-electron chi connectivity index (χ1n) is 11.1. The van der Waals surface area contributed by atoms with Crippen molar-refractivity contribution in [3.8, 4) is 5.75 Å². The molecule has 2 fully saturated rings. The van der Waals surface area contributed by atoms with Gasteiger partial charge in [-0.1, -0.05) is 37.1 Å². The van der Waals surface area contributed by atoms with E-state index in [1.165, 1.54) is 6.07 Å². The van der Waals surface area contributed by atoms with E-state index in [4.69, 9.17) is 4.74 Å². The van der Waals surface area contributed by atoms with Crippen LogP contribution in [0.25, 0.3) is 6.08 Å². The summed E-state index contributed by atoms with van der Waals surface area (Å²) < 4.78 is 20.3. The highest BCUT2D eigenvalue weighted by atomic mass is 127. The number of hydrogen-bond acceptors (Lipinski definition) is 5. The third-order valence-electron chi connectivity index (χ3n) is 5.72. The molecule has 0 N–H and O–H groups in total. The van der Waals surface area contributed by atoms with Gasteiger partial charge in [-0.05, 0) is 77.0 Å². The van der Waals surface area contributed by atoms with Crippen LogP contribution in [-0.2, 0) is 16.2 Å². The molecule has 0 aliphatic carbocycles. The smallest absolute Gasteiger partial charge is 0.294 e. The van der Waals surface area contributed by atoms with Gasteiger partial charge < -0.3 is 9.64 Å². The van der Waals surface area contributed by atoms with Crippen LogP contribution in [0.3, 0.4) is 0 Å². The number of rotatable bonds is 6. The van der Waals surface area contributed by atoms with E-state index in [1.54, 1.807) is 41.3 Å². The molecule has 4 rings (SSSR count). The number of ether oxygens (including phenoxy) is 1. The maximum atomic E-state index is 13.8. The Bertz CT molecular complexity index is 1130. The molecule has 34 heavy (non-hydrogen) atoms. The van der Waals surface area contributed by atoms with Crippen LogP contribution in [0.2, 0.25) is 0 Å². The second kappa shape index (κ2) is 11.4. The molecule has 0 aromatic heterocycles. The summed E-state index contributed by atoms with van der Waals surface area (Å²) >= 11 is 2.95. The van der Waals surface area contributed by atoms with E-state index in [2.05, 4.69) is 22.6 Å². The highest BCUT2D eigenvalue weighted by molar-refractivity contribution is 14.1. The Hall–Kier alpha value is -2.40. The van der Waals surface area contributed by atoms with E-state index in [9.17, 15) is 18.8 Å². The van der Waals surface area contributed by atoms with Gasteiger partial charge in [0.25, 0.3) is 11.1 Å². The monoisotopic (exact) mass is 594 g/mol. The molecule has 3 amide bonds. The maximum Gasteiger partial charge on any atom is 0.294 e. The molecule has 2 aliphatic heterocycles. The molecule has 2 aliphatic rings. The van der Waals surface area contributed by atoms with Crippen molar-refractivity contribution in [2.24, 2.45) is 0 Å². The number of likely N-dealkylation sites (tertiary alicyclic amines) is 1. The predicted octanol–water partition coefficient (Wildman–Crippen LogP) is 5.45. The minimum absolute atomic E-state index is 0.103. The van der Waals surface area contributed by atoms with Crippen LogP contribution in [0.4, 0.5) is 9.18 Å². The number of benzene rings is 2. The number of nitrogens with zero attached hydrogens (tertiary/aromatic N) is 2. The zero-order valence-electron chi connectivity index (χ0n) is 18.5. The Kier molecular flexibility index (Phi) is 8.25. The quantitative estimate of drug-likeness (QED) is 0.329. The van der Waals surface area contributed by atoms with Crippen molar-refractivity contribution in [3.05, 3.63) is 67.9 Å². The zero-order valence-corrected chi connectivity index (χ0v) is 21.4. The van der Waals surface area contributed by atoms with E-state index in [0.29, 0.717) is 24.4 Å². The fourth-order valence-electron chi connectivity index (χ4n) is 3.84. The standard InChI is InChI=1S/C25H24FIN2O4S/c26-19-8-4-3-7-18(19)16-33-21-10-9-17(13-20(21)27)14-22-24(31)29(25(32)34-22)15-23(30)28-11-5-1-2-6-12-28/h3-4,7-10,13-14H,1-2,5-6,11-12,15-16H2. The summed E-state index contributed by atoms with van der Waals surface area (Å²) in [4.78, 5) is 41.0. The first-order valence-corrected chi connectivity index (χ1v) is 13.0. The van der Waals surface area contributed by atoms with Crippen molar-refractivity contribution in [1.82, 2.24) is 9.80 Å². The van der Waals surface area contributed by atoms with Gasteiger partial charge in [0.15, 0.2) is 0 Å². The Morgan fingerprint density at radius 3 is 2.53 bits per heavy atom. The number of imide groups is 1. The molecule has 178 valence electrons. The van der Waals surface area contributed by atoms with Gasteiger partial charge in [0.2, 0.25) is 5.91 Å². The Labute approximate surface area is 215 Å². The first kappa shape index (κ1) is 24.7. The average Bonchev–Trinajstić information content (AvgIpc) is 3.01. The molecule has 2 aromatic carbocycles. The Balaban J connectivity index is 1.40. The summed E-state index contributed by atoms with van der Waals surface area (Å²) in [6, 6.07) is 11.8. The molecule has 0 unspecified atom stereocenters. The summed E-state index contributed by atoms with van der Waals surface area (Å²) in [6.45, 7) is 1.23. The van der Waals surface area contributed by atoms with Crippen molar-refractivity contribution in [3.63, 3.8) is 0 Å². The second-order valence-electron chi connectivity index (χ2n) is 8.13. The lowest BCUT2D eigenvalue weighted by Crippen LogP contribution is -2.42. The molecular weight excluding hydrogens is 570 g/mol. The van der Waals surface area contributed by atoms with Crippen LogP contribution in [-0.4, -0.2) is 46.5 Å². The van der Waals surface area contributed by atoms with Gasteiger partial charge >= 0.3 is 0 Å². The summed E-state index contributed by atoms with van der Waals surface area (Å²) in [5.41, 5.74) is 1.19. The third-order valence-corrected chi connectivity index (χ3v) is 7.47. The van der Waals surface area contributed by atoms with Crippen molar-refractivity contribution in [1.29, 1.82) is 0 Å². The third kappa shape index (κ3) is 5.99. The lowest BCUT2D eigenvalue weighted by molar-refractivity contribution is -0.135. The van der Waals surface area contributed by atoms with Crippen LogP contribution in [0.1, 0.15) is 36.8 Å². The van der Waals surface area contributed by atoms with Gasteiger partial charge in [-0.2, -0.15) is 0 Å². The van der Waals surface area contributed by atoms with Crippen molar-refractivity contribution < 1.29 is 23.5 Å². The largest absolute Gasteiger partial charge is 0.488 e. The SMILES string of the molecule is O=C(CN1C(=O)SC(=Cc2ccc(OCc3ccccc3F)c(I)c2)C1=O)N1CCCCCC1. The van der Waals surface area contributed by atoms with E-state index in [1.807, 2.05) is 6.07 Å². The van der Waals surface area contributed by atoms with E-state index >= 15 is 0 Å². The summed E-state index contributed by atoms with van der Waals surface area (Å²) in [5.74, 6) is -0.360. The van der Waals surface area contributed by atoms with Gasteiger partial charge in [-0.3, -0.25) is 19.3 Å². The Morgan fingerprint density at radius 1 is 1.09 bits per heavy atom. The van der Waals surface area contributed by atoms with Gasteiger partial charge in [0.05, 0.1) is 8.48 Å². The molecule has 0 radical (unpaired) electrons. The summed E-state index contributed by atoms with van der Waals surface area (Å²) in [6.07, 6.45) is 5.74. The topological polar surface area (TPSA) is 66.9 Å². The molecule has 2 aromatic rings. The molecule has 0 saturated carbocycles. The zero-order chi connectivity index (χ0) is 24.1. The molecular formula is C25H24FIN2O4S. The number of amides is 3. The molecule has 2 saturated heterocycles. The summed E-state index contributed by atoms with van der Waals surface area (Å²) in [7, 11) is 0. The van der Waals surface area contributed by atoms with Crippen LogP contribution in [0.5, 0.6) is 5.75 Å². The lowest BCUT2D eigenvalue weighted by Gasteiger charge is -2.22. The summed E-state index contributed by atoms with van der Waals surface area (Å²) in [5, 5.41) is -0.432. The van der Waals surface area contributed by atoms with E-state index < -0.39 is 11.1 Å². The van der Waals surface area contributed by atoms with Gasteiger partial charge in [0, 0.05) is 18.7 Å². The minimum Gasteiger partial charge on any atom is -0.488 e. The molecule has 2 heterocycles. The van der Waals surface area contributed by atoms with Gasteiger partial charge in [-0.15, -0.1) is 0 Å². The van der Waals surface area contributed by atoms with E-state index in [0.717, 1.165) is 51.5 Å². The fourth-order valence-corrected chi connectivity index (χ4v) is 5.37. The van der Waals surface area contributed by atoms with Gasteiger partial charge in [-0.25, -0.2) is 4.39 Å². The molecule has 6 nitrogen and oxygen atoms in total. The molecule has 9 heteroatoms. The molecule has 0 atom stereocenters. The second-order valence-corrected chi connectivity index (χ2v) is 10.3. The van der Waals surface area contributed by atoms with Crippen LogP contribution in [0, 0.1) is 9.39 Å². The lowest BCUT2D eigenvalue weighted by atomic mass is 10.2. The highest BCUT2D eigenvalue weighted by Crippen LogP contribution is 2.33. The van der Waals surface area contributed by atoms with Crippen LogP contribution < -0.4 is 4.74 Å². The number of carbonyl (C=O) groups is 3. The maximum absolute atomic E-state index is 13.8. The van der Waals surface area contributed by atoms with Crippen molar-refractivity contribution in [2.75, 3.05) is 19.6 Å². The number of thioether (sulfide) groups is 1. The number of carbonyl (C=O) groups excluding carboxylic acids is 3. The first-order chi connectivity index (χ1) is 16.4. The van der Waals surface area contributed by atoms with Crippen LogP contribution >= 0.6 is 34.4 Å². The fraction of sp³-hybridized carbons (Fsp3) is 0.320. The van der Waals surface area contributed by atoms with E-state index in [-0.39, 0.29) is 29.8 Å². The predicted molar refractivity (Wildman–Crippen MR) is 138 cm³/mol. The Morgan fingerprint density at radius 2 is 1.82 bits per heavy atom. The van der Waals surface area contributed by atoms with Gasteiger partial charge in [0.1, 0.15) is 24.7 Å². The number of halogens is 2. The van der Waals surface area contributed by atoms with Crippen molar-refractivity contribution in [2.45, 2.75) is 32.3 Å². The molecule has 0 spiro atoms.